The van der Waals surface area contributed by atoms with Gasteiger partial charge < -0.3 is 15.4 Å². The molecule has 2 rings (SSSR count). The summed E-state index contributed by atoms with van der Waals surface area (Å²) in [6.45, 7) is 6.05. The molecule has 170 valence electrons. The summed E-state index contributed by atoms with van der Waals surface area (Å²) >= 11 is 0. The zero-order valence-electron chi connectivity index (χ0n) is 18.0. The molecule has 0 fully saturated rings. The van der Waals surface area contributed by atoms with Gasteiger partial charge in [0.05, 0.1) is 12.7 Å². The lowest BCUT2D eigenvalue weighted by Gasteiger charge is -2.26. The number of ether oxygens (including phenoxy) is 1. The second-order valence-electron chi connectivity index (χ2n) is 7.86. The summed E-state index contributed by atoms with van der Waals surface area (Å²) in [4.78, 5) is 49.5. The van der Waals surface area contributed by atoms with Gasteiger partial charge in [0.25, 0.3) is 15.9 Å². The molecule has 1 heterocycles. The SMILES string of the molecule is COC(=O)[C@@H](NC(=O)[C@@H](NC(=O)CN1C(=O)c2ccccc2S1(=O)=O)C(C)C)C(C)C. The molecule has 0 aliphatic carbocycles. The van der Waals surface area contributed by atoms with Crippen molar-refractivity contribution < 1.29 is 32.3 Å². The van der Waals surface area contributed by atoms with Crippen LogP contribution in [0.1, 0.15) is 38.1 Å². The van der Waals surface area contributed by atoms with Crippen molar-refractivity contribution in [2.45, 2.75) is 44.7 Å². The van der Waals surface area contributed by atoms with Crippen molar-refractivity contribution in [3.8, 4) is 0 Å². The summed E-state index contributed by atoms with van der Waals surface area (Å²) in [5.41, 5.74) is -0.00805. The van der Waals surface area contributed by atoms with Crippen LogP contribution in [0.3, 0.4) is 0 Å². The minimum atomic E-state index is -4.15. The molecule has 0 bridgehead atoms. The van der Waals surface area contributed by atoms with Crippen LogP contribution in [-0.2, 0) is 29.1 Å². The molecule has 0 saturated heterocycles. The van der Waals surface area contributed by atoms with Gasteiger partial charge in [0.2, 0.25) is 11.8 Å². The van der Waals surface area contributed by atoms with Crippen LogP contribution in [-0.4, -0.2) is 62.2 Å². The molecule has 0 aromatic heterocycles. The Morgan fingerprint density at radius 3 is 2.10 bits per heavy atom. The highest BCUT2D eigenvalue weighted by Crippen LogP contribution is 2.29. The van der Waals surface area contributed by atoms with Gasteiger partial charge in [-0.25, -0.2) is 17.5 Å². The first kappa shape index (κ1) is 24.3. The third-order valence-corrected chi connectivity index (χ3v) is 6.67. The van der Waals surface area contributed by atoms with Crippen LogP contribution < -0.4 is 10.6 Å². The zero-order chi connectivity index (χ0) is 23.5. The molecule has 1 aliphatic heterocycles. The van der Waals surface area contributed by atoms with Crippen molar-refractivity contribution >= 4 is 33.7 Å². The quantitative estimate of drug-likeness (QED) is 0.539. The van der Waals surface area contributed by atoms with E-state index in [1.165, 1.54) is 31.4 Å². The number of methoxy groups -OCH3 is 1. The van der Waals surface area contributed by atoms with E-state index in [4.69, 9.17) is 4.74 Å². The molecule has 0 radical (unpaired) electrons. The number of fused-ring (bicyclic) bond motifs is 1. The van der Waals surface area contributed by atoms with Crippen LogP contribution in [0.5, 0.6) is 0 Å². The second kappa shape index (κ2) is 9.46. The third kappa shape index (κ3) is 5.04. The lowest BCUT2D eigenvalue weighted by molar-refractivity contribution is -0.146. The highest BCUT2D eigenvalue weighted by Gasteiger charge is 2.42. The summed E-state index contributed by atoms with van der Waals surface area (Å²) in [6.07, 6.45) is 0. The molecule has 1 aliphatic rings. The highest BCUT2D eigenvalue weighted by atomic mass is 32.2. The van der Waals surface area contributed by atoms with Gasteiger partial charge in [0, 0.05) is 0 Å². The average Bonchev–Trinajstić information content (AvgIpc) is 2.90. The number of amides is 3. The van der Waals surface area contributed by atoms with Gasteiger partial charge in [-0.15, -0.1) is 0 Å². The average molecular weight is 454 g/mol. The molecule has 2 atom stereocenters. The number of nitrogens with one attached hydrogen (secondary N) is 2. The molecule has 0 saturated carbocycles. The topological polar surface area (TPSA) is 139 Å². The maximum absolute atomic E-state index is 12.7. The minimum absolute atomic E-state index is 0.00805. The number of sulfonamides is 1. The Bertz CT molecular complexity index is 988. The molecule has 2 N–H and O–H groups in total. The highest BCUT2D eigenvalue weighted by molar-refractivity contribution is 7.90. The molecule has 0 spiro atoms. The van der Waals surface area contributed by atoms with Gasteiger partial charge in [-0.2, -0.15) is 0 Å². The zero-order valence-corrected chi connectivity index (χ0v) is 18.9. The molecule has 3 amide bonds. The Hall–Kier alpha value is -2.95. The number of hydrogen-bond acceptors (Lipinski definition) is 7. The number of rotatable bonds is 8. The summed E-state index contributed by atoms with van der Waals surface area (Å²) < 4.78 is 30.4. The summed E-state index contributed by atoms with van der Waals surface area (Å²) in [5, 5.41) is 5.03. The number of esters is 1. The van der Waals surface area contributed by atoms with Crippen molar-refractivity contribution in [2.24, 2.45) is 11.8 Å². The standard InChI is InChI=1S/C20H27N3O7S/c1-11(2)16(18(25)22-17(12(3)4)20(27)30-5)21-15(24)10-23-19(26)13-8-6-7-9-14(13)31(23,28)29/h6-9,11-12,16-17H,10H2,1-5H3,(H,21,24)(H,22,25)/t16-,17-/m0/s1. The van der Waals surface area contributed by atoms with E-state index in [-0.39, 0.29) is 22.3 Å². The van der Waals surface area contributed by atoms with Crippen LogP contribution in [0.2, 0.25) is 0 Å². The molecular formula is C20H27N3O7S. The fourth-order valence-corrected chi connectivity index (χ4v) is 4.66. The van der Waals surface area contributed by atoms with Gasteiger partial charge in [-0.05, 0) is 24.0 Å². The fraction of sp³-hybridized carbons (Fsp3) is 0.500. The Morgan fingerprint density at radius 2 is 1.58 bits per heavy atom. The van der Waals surface area contributed by atoms with Crippen LogP contribution in [0, 0.1) is 11.8 Å². The first-order chi connectivity index (χ1) is 14.4. The van der Waals surface area contributed by atoms with E-state index in [1.807, 2.05) is 0 Å². The second-order valence-corrected chi connectivity index (χ2v) is 9.69. The summed E-state index contributed by atoms with van der Waals surface area (Å²) in [6, 6.07) is 3.71. The van der Waals surface area contributed by atoms with Crippen molar-refractivity contribution in [1.82, 2.24) is 14.9 Å². The normalized spacial score (nSPS) is 16.6. The van der Waals surface area contributed by atoms with Crippen LogP contribution in [0.4, 0.5) is 0 Å². The molecule has 1 aromatic carbocycles. The predicted molar refractivity (Wildman–Crippen MR) is 110 cm³/mol. The minimum Gasteiger partial charge on any atom is -0.467 e. The molecule has 31 heavy (non-hydrogen) atoms. The van der Waals surface area contributed by atoms with E-state index in [2.05, 4.69) is 10.6 Å². The summed E-state index contributed by atoms with van der Waals surface area (Å²) in [7, 11) is -2.95. The van der Waals surface area contributed by atoms with Gasteiger partial charge >= 0.3 is 5.97 Å². The van der Waals surface area contributed by atoms with Crippen molar-refractivity contribution in [2.75, 3.05) is 13.7 Å². The third-order valence-electron chi connectivity index (χ3n) is 4.88. The Balaban J connectivity index is 2.14. The van der Waals surface area contributed by atoms with Crippen LogP contribution in [0.25, 0.3) is 0 Å². The number of nitrogens with zero attached hydrogens (tertiary/aromatic N) is 1. The number of carbonyl (C=O) groups excluding carboxylic acids is 4. The Kier molecular flexibility index (Phi) is 7.42. The van der Waals surface area contributed by atoms with E-state index in [0.29, 0.717) is 4.31 Å². The monoisotopic (exact) mass is 453 g/mol. The lowest BCUT2D eigenvalue weighted by atomic mass is 10.00. The van der Waals surface area contributed by atoms with E-state index < -0.39 is 52.3 Å². The summed E-state index contributed by atoms with van der Waals surface area (Å²) in [5.74, 6) is -3.50. The van der Waals surface area contributed by atoms with Gasteiger partial charge in [0.1, 0.15) is 23.5 Å². The first-order valence-corrected chi connectivity index (χ1v) is 11.2. The largest absolute Gasteiger partial charge is 0.467 e. The van der Waals surface area contributed by atoms with Gasteiger partial charge in [-0.1, -0.05) is 39.8 Å². The molecule has 0 unspecified atom stereocenters. The van der Waals surface area contributed by atoms with Crippen molar-refractivity contribution in [1.29, 1.82) is 0 Å². The van der Waals surface area contributed by atoms with E-state index in [0.717, 1.165) is 0 Å². The molecule has 10 nitrogen and oxygen atoms in total. The number of benzene rings is 1. The maximum atomic E-state index is 12.7. The van der Waals surface area contributed by atoms with Crippen molar-refractivity contribution in [3.63, 3.8) is 0 Å². The van der Waals surface area contributed by atoms with E-state index >= 15 is 0 Å². The molecule has 11 heteroatoms. The Labute approximate surface area is 181 Å². The van der Waals surface area contributed by atoms with E-state index in [1.54, 1.807) is 27.7 Å². The number of carbonyl (C=O) groups is 4. The smallest absolute Gasteiger partial charge is 0.328 e. The first-order valence-electron chi connectivity index (χ1n) is 9.75. The predicted octanol–water partition coefficient (Wildman–Crippen LogP) is 0.286. The number of hydrogen-bond donors (Lipinski definition) is 2. The lowest BCUT2D eigenvalue weighted by Crippen LogP contribution is -2.56. The fourth-order valence-electron chi connectivity index (χ4n) is 3.14. The maximum Gasteiger partial charge on any atom is 0.328 e. The molecule has 1 aromatic rings. The van der Waals surface area contributed by atoms with Crippen molar-refractivity contribution in [3.05, 3.63) is 29.8 Å². The van der Waals surface area contributed by atoms with Gasteiger partial charge in [0.15, 0.2) is 0 Å². The van der Waals surface area contributed by atoms with Gasteiger partial charge in [-0.3, -0.25) is 14.4 Å². The van der Waals surface area contributed by atoms with Crippen LogP contribution >= 0.6 is 0 Å². The van der Waals surface area contributed by atoms with Crippen LogP contribution in [0.15, 0.2) is 29.2 Å². The van der Waals surface area contributed by atoms with E-state index in [9.17, 15) is 27.6 Å². The Morgan fingerprint density at radius 1 is 1.00 bits per heavy atom. The molecular weight excluding hydrogens is 426 g/mol.